The minimum atomic E-state index is -0.108. The fourth-order valence-electron chi connectivity index (χ4n) is 2.95. The van der Waals surface area contributed by atoms with Crippen LogP contribution in [-0.2, 0) is 13.1 Å². The molecule has 3 rings (SSSR count). The van der Waals surface area contributed by atoms with Crippen molar-refractivity contribution < 1.29 is 4.79 Å². The van der Waals surface area contributed by atoms with Crippen LogP contribution in [0.1, 0.15) is 38.0 Å². The molecular formula is C19H23N5OS. The van der Waals surface area contributed by atoms with Crippen LogP contribution >= 0.6 is 11.3 Å². The van der Waals surface area contributed by atoms with Crippen LogP contribution in [0, 0.1) is 20.8 Å². The van der Waals surface area contributed by atoms with Crippen molar-refractivity contribution in [1.82, 2.24) is 19.7 Å². The van der Waals surface area contributed by atoms with Crippen molar-refractivity contribution >= 4 is 17.2 Å². The number of aromatic nitrogens is 3. The van der Waals surface area contributed by atoms with E-state index in [-0.39, 0.29) is 5.91 Å². The van der Waals surface area contributed by atoms with Crippen molar-refractivity contribution in [3.05, 3.63) is 62.9 Å². The van der Waals surface area contributed by atoms with Crippen LogP contribution in [0.2, 0.25) is 0 Å². The summed E-state index contributed by atoms with van der Waals surface area (Å²) in [6, 6.07) is 8.14. The molecule has 2 heterocycles. The highest BCUT2D eigenvalue weighted by Crippen LogP contribution is 2.22. The van der Waals surface area contributed by atoms with E-state index in [0.29, 0.717) is 18.8 Å². The molecule has 136 valence electrons. The Morgan fingerprint density at radius 3 is 2.65 bits per heavy atom. The van der Waals surface area contributed by atoms with E-state index < -0.39 is 0 Å². The molecule has 2 aromatic heterocycles. The van der Waals surface area contributed by atoms with E-state index in [4.69, 9.17) is 10.8 Å². The van der Waals surface area contributed by atoms with E-state index >= 15 is 0 Å². The van der Waals surface area contributed by atoms with E-state index in [2.05, 4.69) is 24.0 Å². The van der Waals surface area contributed by atoms with Gasteiger partial charge in [-0.25, -0.2) is 9.67 Å². The zero-order valence-electron chi connectivity index (χ0n) is 15.5. The number of benzene rings is 1. The third-order valence-corrected chi connectivity index (χ3v) is 5.34. The third kappa shape index (κ3) is 3.40. The van der Waals surface area contributed by atoms with Gasteiger partial charge in [0.15, 0.2) is 0 Å². The topological polar surface area (TPSA) is 77.0 Å². The number of amides is 1. The van der Waals surface area contributed by atoms with Gasteiger partial charge >= 0.3 is 0 Å². The number of thiazole rings is 1. The number of nitrogens with two attached hydrogens (primary N) is 1. The first-order valence-corrected chi connectivity index (χ1v) is 9.31. The number of para-hydroxylation sites is 1. The normalized spacial score (nSPS) is 11.0. The number of rotatable bonds is 5. The molecule has 0 aliphatic heterocycles. The highest BCUT2D eigenvalue weighted by atomic mass is 32.1. The molecule has 0 saturated heterocycles. The summed E-state index contributed by atoms with van der Waals surface area (Å²) in [6.07, 6.45) is 0. The Morgan fingerprint density at radius 1 is 1.27 bits per heavy atom. The summed E-state index contributed by atoms with van der Waals surface area (Å²) in [6.45, 7) is 6.92. The van der Waals surface area contributed by atoms with Crippen molar-refractivity contribution in [2.24, 2.45) is 5.73 Å². The molecule has 1 amide bonds. The Hall–Kier alpha value is -2.51. The largest absolute Gasteiger partial charge is 0.336 e. The molecule has 6 nitrogen and oxygen atoms in total. The molecule has 0 bridgehead atoms. The smallest absolute Gasteiger partial charge is 0.273 e. The quantitative estimate of drug-likeness (QED) is 0.750. The van der Waals surface area contributed by atoms with Gasteiger partial charge in [-0.15, -0.1) is 11.3 Å². The van der Waals surface area contributed by atoms with Gasteiger partial charge in [0.2, 0.25) is 0 Å². The van der Waals surface area contributed by atoms with E-state index in [0.717, 1.165) is 33.2 Å². The summed E-state index contributed by atoms with van der Waals surface area (Å²) in [7, 11) is 1.79. The van der Waals surface area contributed by atoms with E-state index in [1.54, 1.807) is 17.3 Å². The highest BCUT2D eigenvalue weighted by molar-refractivity contribution is 7.09. The second kappa shape index (κ2) is 7.39. The Bertz CT molecular complexity index is 943. The van der Waals surface area contributed by atoms with Gasteiger partial charge in [0.25, 0.3) is 5.91 Å². The SMILES string of the molecule is Cc1ccccc1-n1nc(C)c(CN(C)C(=O)c2csc(CN)n2)c1C. The first-order chi connectivity index (χ1) is 12.4. The van der Waals surface area contributed by atoms with Gasteiger partial charge in [0.1, 0.15) is 10.7 Å². The first-order valence-electron chi connectivity index (χ1n) is 8.43. The van der Waals surface area contributed by atoms with Gasteiger partial charge in [0, 0.05) is 36.8 Å². The summed E-state index contributed by atoms with van der Waals surface area (Å²) >= 11 is 1.41. The summed E-state index contributed by atoms with van der Waals surface area (Å²) in [5.74, 6) is -0.108. The van der Waals surface area contributed by atoms with Crippen molar-refractivity contribution in [2.75, 3.05) is 7.05 Å². The number of nitrogens with zero attached hydrogens (tertiary/aromatic N) is 4. The zero-order valence-corrected chi connectivity index (χ0v) is 16.3. The number of carbonyl (C=O) groups excluding carboxylic acids is 1. The molecule has 0 aliphatic carbocycles. The molecule has 0 saturated carbocycles. The molecule has 7 heteroatoms. The molecule has 0 atom stereocenters. The van der Waals surface area contributed by atoms with E-state index in [1.165, 1.54) is 11.3 Å². The molecule has 0 aliphatic rings. The van der Waals surface area contributed by atoms with E-state index in [9.17, 15) is 4.79 Å². The third-order valence-electron chi connectivity index (χ3n) is 4.47. The van der Waals surface area contributed by atoms with E-state index in [1.807, 2.05) is 30.7 Å². The van der Waals surface area contributed by atoms with Crippen molar-refractivity contribution in [3.8, 4) is 5.69 Å². The van der Waals surface area contributed by atoms with Crippen LogP contribution in [0.5, 0.6) is 0 Å². The molecule has 0 radical (unpaired) electrons. The summed E-state index contributed by atoms with van der Waals surface area (Å²) < 4.78 is 1.95. The minimum Gasteiger partial charge on any atom is -0.336 e. The molecule has 1 aromatic carbocycles. The zero-order chi connectivity index (χ0) is 18.8. The predicted octanol–water partition coefficient (Wildman–Crippen LogP) is 2.98. The average molecular weight is 369 g/mol. The lowest BCUT2D eigenvalue weighted by molar-refractivity contribution is 0.0779. The number of aryl methyl sites for hydroxylation is 2. The Morgan fingerprint density at radius 2 is 2.00 bits per heavy atom. The monoisotopic (exact) mass is 369 g/mol. The standard InChI is InChI=1S/C19H23N5OS/c1-12-7-5-6-8-17(12)24-14(3)15(13(2)22-24)10-23(4)19(25)16-11-26-18(9-20)21-16/h5-8,11H,9-10,20H2,1-4H3. The number of carbonyl (C=O) groups is 1. The lowest BCUT2D eigenvalue weighted by Crippen LogP contribution is -2.27. The van der Waals surface area contributed by atoms with Crippen molar-refractivity contribution in [2.45, 2.75) is 33.9 Å². The van der Waals surface area contributed by atoms with Gasteiger partial charge in [-0.3, -0.25) is 4.79 Å². The molecular weight excluding hydrogens is 346 g/mol. The molecule has 2 N–H and O–H groups in total. The first kappa shape index (κ1) is 18.3. The molecule has 26 heavy (non-hydrogen) atoms. The molecule has 3 aromatic rings. The fourth-order valence-corrected chi connectivity index (χ4v) is 3.60. The van der Waals surface area contributed by atoms with Crippen LogP contribution in [0.25, 0.3) is 5.69 Å². The van der Waals surface area contributed by atoms with Gasteiger partial charge in [-0.05, 0) is 32.4 Å². The van der Waals surface area contributed by atoms with Crippen LogP contribution < -0.4 is 5.73 Å². The number of hydrogen-bond donors (Lipinski definition) is 1. The van der Waals surface area contributed by atoms with Crippen LogP contribution in [0.4, 0.5) is 0 Å². The summed E-state index contributed by atoms with van der Waals surface area (Å²) in [5.41, 5.74) is 11.3. The maximum Gasteiger partial charge on any atom is 0.273 e. The maximum atomic E-state index is 12.6. The molecule has 0 spiro atoms. The number of hydrogen-bond acceptors (Lipinski definition) is 5. The average Bonchev–Trinajstić information content (AvgIpc) is 3.21. The Kier molecular flexibility index (Phi) is 5.20. The van der Waals surface area contributed by atoms with Crippen LogP contribution in [-0.4, -0.2) is 32.6 Å². The van der Waals surface area contributed by atoms with Gasteiger partial charge in [0.05, 0.1) is 11.4 Å². The molecule has 0 unspecified atom stereocenters. The lowest BCUT2D eigenvalue weighted by atomic mass is 10.1. The second-order valence-corrected chi connectivity index (χ2v) is 7.28. The Labute approximate surface area is 157 Å². The van der Waals surface area contributed by atoms with Crippen molar-refractivity contribution in [1.29, 1.82) is 0 Å². The van der Waals surface area contributed by atoms with Gasteiger partial charge < -0.3 is 10.6 Å². The second-order valence-electron chi connectivity index (χ2n) is 6.34. The fraction of sp³-hybridized carbons (Fsp3) is 0.316. The summed E-state index contributed by atoms with van der Waals surface area (Å²) in [5, 5.41) is 7.22. The van der Waals surface area contributed by atoms with Crippen molar-refractivity contribution in [3.63, 3.8) is 0 Å². The van der Waals surface area contributed by atoms with Crippen LogP contribution in [0.15, 0.2) is 29.6 Å². The maximum absolute atomic E-state index is 12.6. The van der Waals surface area contributed by atoms with Crippen LogP contribution in [0.3, 0.4) is 0 Å². The van der Waals surface area contributed by atoms with Gasteiger partial charge in [-0.1, -0.05) is 18.2 Å². The Balaban J connectivity index is 1.86. The lowest BCUT2D eigenvalue weighted by Gasteiger charge is -2.16. The molecule has 0 fully saturated rings. The predicted molar refractivity (Wildman–Crippen MR) is 104 cm³/mol. The summed E-state index contributed by atoms with van der Waals surface area (Å²) in [4.78, 5) is 18.6. The highest BCUT2D eigenvalue weighted by Gasteiger charge is 2.20. The minimum absolute atomic E-state index is 0.108. The van der Waals surface area contributed by atoms with Gasteiger partial charge in [-0.2, -0.15) is 5.10 Å².